The van der Waals surface area contributed by atoms with E-state index in [9.17, 15) is 4.79 Å². The Morgan fingerprint density at radius 3 is 2.77 bits per heavy atom. The molecule has 0 fully saturated rings. The minimum Gasteiger partial charge on any atom is -0.463 e. The zero-order valence-corrected chi connectivity index (χ0v) is 9.23. The van der Waals surface area contributed by atoms with Crippen LogP contribution in [0.15, 0.2) is 12.7 Å². The Labute approximate surface area is 84.7 Å². The largest absolute Gasteiger partial charge is 0.463 e. The average molecular weight is 202 g/mol. The van der Waals surface area contributed by atoms with Gasteiger partial charge in [0.1, 0.15) is 0 Å². The molecule has 0 saturated heterocycles. The van der Waals surface area contributed by atoms with E-state index in [4.69, 9.17) is 4.74 Å². The molecule has 1 atom stereocenters. The van der Waals surface area contributed by atoms with Crippen LogP contribution in [0.3, 0.4) is 0 Å². The molecule has 0 bridgehead atoms. The van der Waals surface area contributed by atoms with E-state index in [-0.39, 0.29) is 5.97 Å². The highest BCUT2D eigenvalue weighted by Crippen LogP contribution is 2.16. The minimum atomic E-state index is -0.323. The van der Waals surface area contributed by atoms with E-state index in [0.717, 1.165) is 6.42 Å². The molecule has 0 aliphatic rings. The predicted octanol–water partition coefficient (Wildman–Crippen LogP) is 2.64. The third kappa shape index (κ3) is 6.70. The van der Waals surface area contributed by atoms with E-state index < -0.39 is 0 Å². The third-order valence-corrected chi connectivity index (χ3v) is 2.93. The molecule has 0 aromatic carbocycles. The van der Waals surface area contributed by atoms with Gasteiger partial charge < -0.3 is 4.74 Å². The van der Waals surface area contributed by atoms with Crippen molar-refractivity contribution >= 4 is 17.7 Å². The first kappa shape index (κ1) is 12.6. The Bertz CT molecular complexity index is 157. The highest BCUT2D eigenvalue weighted by molar-refractivity contribution is 7.99. The number of esters is 1. The molecule has 76 valence electrons. The molecule has 0 aromatic rings. The fourth-order valence-corrected chi connectivity index (χ4v) is 1.86. The summed E-state index contributed by atoms with van der Waals surface area (Å²) in [6.45, 7) is 6.01. The maximum Gasteiger partial charge on any atom is 0.330 e. The quantitative estimate of drug-likeness (QED) is 0.469. The second-order valence-corrected chi connectivity index (χ2v) is 3.94. The molecule has 2 nitrogen and oxygen atoms in total. The summed E-state index contributed by atoms with van der Waals surface area (Å²) < 4.78 is 4.90. The molecule has 0 saturated carbocycles. The SMILES string of the molecule is C=CC(=O)OCCC(CCC)SC. The number of rotatable bonds is 7. The Hall–Kier alpha value is -0.440. The first-order valence-electron chi connectivity index (χ1n) is 4.56. The van der Waals surface area contributed by atoms with Gasteiger partial charge in [0.15, 0.2) is 0 Å². The standard InChI is InChI=1S/C10H18O2S/c1-4-6-9(13-3)7-8-12-10(11)5-2/h5,9H,2,4,6-8H2,1,3H3. The topological polar surface area (TPSA) is 26.3 Å². The molecular formula is C10H18O2S. The molecule has 0 aliphatic carbocycles. The molecule has 0 N–H and O–H groups in total. The maximum absolute atomic E-state index is 10.7. The summed E-state index contributed by atoms with van der Waals surface area (Å²) in [4.78, 5) is 10.7. The Morgan fingerprint density at radius 1 is 1.62 bits per heavy atom. The molecule has 3 heteroatoms. The van der Waals surface area contributed by atoms with Gasteiger partial charge in [0.05, 0.1) is 6.61 Å². The van der Waals surface area contributed by atoms with E-state index in [1.54, 1.807) is 0 Å². The third-order valence-electron chi connectivity index (χ3n) is 1.79. The number of carbonyl (C=O) groups is 1. The summed E-state index contributed by atoms with van der Waals surface area (Å²) in [6, 6.07) is 0. The number of thioether (sulfide) groups is 1. The summed E-state index contributed by atoms with van der Waals surface area (Å²) in [5, 5.41) is 0.614. The van der Waals surface area contributed by atoms with Crippen LogP contribution in [0.2, 0.25) is 0 Å². The van der Waals surface area contributed by atoms with E-state index >= 15 is 0 Å². The van der Waals surface area contributed by atoms with Gasteiger partial charge in [-0.2, -0.15) is 11.8 Å². The number of hydrogen-bond donors (Lipinski definition) is 0. The van der Waals surface area contributed by atoms with Crippen LogP contribution in [0.25, 0.3) is 0 Å². The fourth-order valence-electron chi connectivity index (χ4n) is 1.05. The Morgan fingerprint density at radius 2 is 2.31 bits per heavy atom. The molecule has 13 heavy (non-hydrogen) atoms. The van der Waals surface area contributed by atoms with Crippen LogP contribution in [0.4, 0.5) is 0 Å². The summed E-state index contributed by atoms with van der Waals surface area (Å²) in [5.74, 6) is -0.323. The maximum atomic E-state index is 10.7. The van der Waals surface area contributed by atoms with Crippen molar-refractivity contribution in [1.29, 1.82) is 0 Å². The highest BCUT2D eigenvalue weighted by Gasteiger charge is 2.06. The van der Waals surface area contributed by atoms with Gasteiger partial charge in [-0.25, -0.2) is 4.79 Å². The molecule has 0 aromatic heterocycles. The molecule has 1 unspecified atom stereocenters. The summed E-state index contributed by atoms with van der Waals surface area (Å²) in [5.41, 5.74) is 0. The molecule has 0 spiro atoms. The van der Waals surface area contributed by atoms with Crippen molar-refractivity contribution < 1.29 is 9.53 Å². The van der Waals surface area contributed by atoms with Gasteiger partial charge in [0.2, 0.25) is 0 Å². The average Bonchev–Trinajstić information content (AvgIpc) is 2.16. The van der Waals surface area contributed by atoms with Crippen LogP contribution < -0.4 is 0 Å². The van der Waals surface area contributed by atoms with Crippen molar-refractivity contribution in [3.05, 3.63) is 12.7 Å². The first-order chi connectivity index (χ1) is 6.24. The van der Waals surface area contributed by atoms with Crippen molar-refractivity contribution in [2.75, 3.05) is 12.9 Å². The van der Waals surface area contributed by atoms with Crippen LogP contribution in [-0.4, -0.2) is 24.1 Å². The van der Waals surface area contributed by atoms with Gasteiger partial charge in [-0.05, 0) is 19.1 Å². The van der Waals surface area contributed by atoms with Crippen molar-refractivity contribution in [2.45, 2.75) is 31.4 Å². The molecular weight excluding hydrogens is 184 g/mol. The minimum absolute atomic E-state index is 0.323. The number of ether oxygens (including phenoxy) is 1. The van der Waals surface area contributed by atoms with Crippen LogP contribution in [-0.2, 0) is 9.53 Å². The molecule has 0 radical (unpaired) electrons. The second kappa shape index (κ2) is 8.17. The van der Waals surface area contributed by atoms with E-state index in [1.165, 1.54) is 18.9 Å². The monoisotopic (exact) mass is 202 g/mol. The van der Waals surface area contributed by atoms with Crippen molar-refractivity contribution in [3.63, 3.8) is 0 Å². The normalized spacial score (nSPS) is 12.2. The van der Waals surface area contributed by atoms with Gasteiger partial charge in [-0.1, -0.05) is 19.9 Å². The molecule has 0 amide bonds. The summed E-state index contributed by atoms with van der Waals surface area (Å²) in [6.07, 6.45) is 6.60. The lowest BCUT2D eigenvalue weighted by atomic mass is 10.2. The van der Waals surface area contributed by atoms with Crippen molar-refractivity contribution in [3.8, 4) is 0 Å². The Kier molecular flexibility index (Phi) is 7.90. The van der Waals surface area contributed by atoms with Crippen LogP contribution in [0, 0.1) is 0 Å². The van der Waals surface area contributed by atoms with Gasteiger partial charge >= 0.3 is 5.97 Å². The van der Waals surface area contributed by atoms with Crippen molar-refractivity contribution in [2.24, 2.45) is 0 Å². The molecule has 0 heterocycles. The summed E-state index contributed by atoms with van der Waals surface area (Å²) in [7, 11) is 0. The van der Waals surface area contributed by atoms with Crippen LogP contribution in [0.5, 0.6) is 0 Å². The van der Waals surface area contributed by atoms with Crippen LogP contribution >= 0.6 is 11.8 Å². The van der Waals surface area contributed by atoms with Gasteiger partial charge in [-0.3, -0.25) is 0 Å². The van der Waals surface area contributed by atoms with Crippen molar-refractivity contribution in [1.82, 2.24) is 0 Å². The molecule has 0 rings (SSSR count). The summed E-state index contributed by atoms with van der Waals surface area (Å²) >= 11 is 1.84. The second-order valence-electron chi connectivity index (χ2n) is 2.81. The van der Waals surface area contributed by atoms with Gasteiger partial charge in [0, 0.05) is 11.3 Å². The lowest BCUT2D eigenvalue weighted by molar-refractivity contribution is -0.137. The fraction of sp³-hybridized carbons (Fsp3) is 0.700. The number of hydrogen-bond acceptors (Lipinski definition) is 3. The van der Waals surface area contributed by atoms with E-state index in [2.05, 4.69) is 19.8 Å². The van der Waals surface area contributed by atoms with Gasteiger partial charge in [-0.15, -0.1) is 0 Å². The van der Waals surface area contributed by atoms with E-state index in [0.29, 0.717) is 11.9 Å². The first-order valence-corrected chi connectivity index (χ1v) is 5.85. The smallest absolute Gasteiger partial charge is 0.330 e. The van der Waals surface area contributed by atoms with Gasteiger partial charge in [0.25, 0.3) is 0 Å². The van der Waals surface area contributed by atoms with E-state index in [1.807, 2.05) is 11.8 Å². The zero-order valence-electron chi connectivity index (χ0n) is 8.41. The molecule has 0 aliphatic heterocycles. The lowest BCUT2D eigenvalue weighted by Gasteiger charge is -2.12. The zero-order chi connectivity index (χ0) is 10.1. The van der Waals surface area contributed by atoms with Crippen LogP contribution in [0.1, 0.15) is 26.2 Å². The highest BCUT2D eigenvalue weighted by atomic mass is 32.2. The Balaban J connectivity index is 3.48. The predicted molar refractivity (Wildman–Crippen MR) is 58.0 cm³/mol. The number of carbonyl (C=O) groups excluding carboxylic acids is 1. The lowest BCUT2D eigenvalue weighted by Crippen LogP contribution is -2.09.